The summed E-state index contributed by atoms with van der Waals surface area (Å²) in [7, 11) is 1.24. The van der Waals surface area contributed by atoms with Gasteiger partial charge in [-0.15, -0.1) is 0 Å². The molecule has 1 aliphatic carbocycles. The first-order valence-corrected chi connectivity index (χ1v) is 6.27. The lowest BCUT2D eigenvalue weighted by Gasteiger charge is -2.26. The maximum atomic E-state index is 14.3. The van der Waals surface area contributed by atoms with Gasteiger partial charge in [0.2, 0.25) is 0 Å². The Labute approximate surface area is 114 Å². The molecule has 0 saturated heterocycles. The van der Waals surface area contributed by atoms with E-state index in [1.165, 1.54) is 7.11 Å². The minimum atomic E-state index is -1.52. The van der Waals surface area contributed by atoms with Crippen LogP contribution in [0.2, 0.25) is 5.02 Å². The van der Waals surface area contributed by atoms with Gasteiger partial charge < -0.3 is 9.84 Å². The van der Waals surface area contributed by atoms with Gasteiger partial charge in [-0.2, -0.15) is 0 Å². The number of aliphatic carboxylic acids is 1. The van der Waals surface area contributed by atoms with Crippen molar-refractivity contribution >= 4 is 17.6 Å². The summed E-state index contributed by atoms with van der Waals surface area (Å²) in [6.45, 7) is 0. The Morgan fingerprint density at radius 2 is 2.00 bits per heavy atom. The molecule has 6 heteroatoms. The van der Waals surface area contributed by atoms with Gasteiger partial charge in [0.1, 0.15) is 16.6 Å². The number of methoxy groups -OCH3 is 1. The Morgan fingerprint density at radius 1 is 1.42 bits per heavy atom. The first kappa shape index (κ1) is 14.1. The van der Waals surface area contributed by atoms with Gasteiger partial charge in [-0.1, -0.05) is 24.4 Å². The summed E-state index contributed by atoms with van der Waals surface area (Å²) in [6, 6.07) is 0.934. The molecular weight excluding hydrogens is 278 g/mol. The average molecular weight is 291 g/mol. The van der Waals surface area contributed by atoms with E-state index >= 15 is 0 Å². The predicted octanol–water partition coefficient (Wildman–Crippen LogP) is 3.52. The molecule has 1 saturated carbocycles. The van der Waals surface area contributed by atoms with Gasteiger partial charge in [0, 0.05) is 11.6 Å². The molecule has 0 amide bonds. The zero-order valence-corrected chi connectivity index (χ0v) is 11.1. The van der Waals surface area contributed by atoms with E-state index in [4.69, 9.17) is 16.3 Å². The van der Waals surface area contributed by atoms with Crippen LogP contribution < -0.4 is 4.74 Å². The minimum Gasteiger partial charge on any atom is -0.495 e. The fourth-order valence-electron chi connectivity index (χ4n) is 2.71. The quantitative estimate of drug-likeness (QED) is 0.866. The van der Waals surface area contributed by atoms with Gasteiger partial charge >= 0.3 is 5.97 Å². The van der Waals surface area contributed by atoms with Gasteiger partial charge in [0.15, 0.2) is 5.82 Å². The number of carboxylic acids is 1. The van der Waals surface area contributed by atoms with Crippen LogP contribution in [0.3, 0.4) is 0 Å². The van der Waals surface area contributed by atoms with E-state index in [-0.39, 0.29) is 23.6 Å². The highest BCUT2D eigenvalue weighted by atomic mass is 35.5. The molecule has 1 fully saturated rings. The fourth-order valence-corrected chi connectivity index (χ4v) is 2.94. The van der Waals surface area contributed by atoms with E-state index < -0.39 is 28.6 Å². The number of hydrogen-bond donors (Lipinski definition) is 1. The van der Waals surface area contributed by atoms with Crippen LogP contribution >= 0.6 is 11.6 Å². The molecule has 3 nitrogen and oxygen atoms in total. The Balaban J connectivity index is 2.68. The first-order chi connectivity index (χ1) is 8.94. The molecule has 104 valence electrons. The molecule has 0 spiro atoms. The molecule has 1 aromatic rings. The van der Waals surface area contributed by atoms with Crippen molar-refractivity contribution in [3.63, 3.8) is 0 Å². The van der Waals surface area contributed by atoms with Crippen LogP contribution in [0.5, 0.6) is 5.75 Å². The smallest absolute Gasteiger partial charge is 0.314 e. The Hall–Kier alpha value is -1.36. The molecular formula is C13H13ClF2O3. The summed E-state index contributed by atoms with van der Waals surface area (Å²) in [6.07, 6.45) is 1.65. The summed E-state index contributed by atoms with van der Waals surface area (Å²) < 4.78 is 33.1. The van der Waals surface area contributed by atoms with Crippen LogP contribution in [0.4, 0.5) is 8.78 Å². The van der Waals surface area contributed by atoms with E-state index in [9.17, 15) is 18.7 Å². The molecule has 0 radical (unpaired) electrons. The highest BCUT2D eigenvalue weighted by Crippen LogP contribution is 2.46. The van der Waals surface area contributed by atoms with Crippen molar-refractivity contribution in [3.05, 3.63) is 28.3 Å². The van der Waals surface area contributed by atoms with Crippen molar-refractivity contribution in [1.29, 1.82) is 0 Å². The summed E-state index contributed by atoms with van der Waals surface area (Å²) >= 11 is 5.76. The second-order valence-electron chi connectivity index (χ2n) is 4.66. The molecule has 0 unspecified atom stereocenters. The largest absolute Gasteiger partial charge is 0.495 e. The van der Waals surface area contributed by atoms with Crippen molar-refractivity contribution in [1.82, 2.24) is 0 Å². The lowest BCUT2D eigenvalue weighted by atomic mass is 9.78. The third kappa shape index (κ3) is 2.06. The standard InChI is InChI=1S/C13H13ClF2O3/c1-19-8-6-7(15)9(11(16)10(8)14)13(12(17)18)4-2-3-5-13/h6H,2-5H2,1H3,(H,17,18). The second kappa shape index (κ2) is 4.96. The zero-order valence-electron chi connectivity index (χ0n) is 10.3. The molecule has 0 heterocycles. The van der Waals surface area contributed by atoms with Crippen LogP contribution in [0, 0.1) is 11.6 Å². The Morgan fingerprint density at radius 3 is 2.47 bits per heavy atom. The predicted molar refractivity (Wildman–Crippen MR) is 65.7 cm³/mol. The number of carbonyl (C=O) groups is 1. The SMILES string of the molecule is COc1cc(F)c(C2(C(=O)O)CCCC2)c(F)c1Cl. The van der Waals surface area contributed by atoms with Crippen molar-refractivity contribution < 1.29 is 23.4 Å². The number of ether oxygens (including phenoxy) is 1. The minimum absolute atomic E-state index is 0.140. The molecule has 1 aromatic carbocycles. The molecule has 0 aromatic heterocycles. The Bertz CT molecular complexity index is 525. The van der Waals surface area contributed by atoms with Crippen LogP contribution in [0.1, 0.15) is 31.2 Å². The number of rotatable bonds is 3. The van der Waals surface area contributed by atoms with Gasteiger partial charge in [-0.25, -0.2) is 8.78 Å². The highest BCUT2D eigenvalue weighted by Gasteiger charge is 2.47. The molecule has 0 aliphatic heterocycles. The number of hydrogen-bond acceptors (Lipinski definition) is 2. The fraction of sp³-hybridized carbons (Fsp3) is 0.462. The number of halogens is 3. The topological polar surface area (TPSA) is 46.5 Å². The lowest BCUT2D eigenvalue weighted by molar-refractivity contribution is -0.143. The van der Waals surface area contributed by atoms with E-state index in [2.05, 4.69) is 0 Å². The van der Waals surface area contributed by atoms with Crippen molar-refractivity contribution in [3.8, 4) is 5.75 Å². The van der Waals surface area contributed by atoms with Gasteiger partial charge in [-0.3, -0.25) is 4.79 Å². The van der Waals surface area contributed by atoms with Gasteiger partial charge in [-0.05, 0) is 12.8 Å². The van der Waals surface area contributed by atoms with Crippen molar-refractivity contribution in [2.24, 2.45) is 0 Å². The number of benzene rings is 1. The van der Waals surface area contributed by atoms with Gasteiger partial charge in [0.25, 0.3) is 0 Å². The number of carboxylic acid groups (broad SMARTS) is 1. The maximum Gasteiger partial charge on any atom is 0.314 e. The third-order valence-electron chi connectivity index (χ3n) is 3.69. The summed E-state index contributed by atoms with van der Waals surface area (Å²) in [5, 5.41) is 8.99. The molecule has 1 aliphatic rings. The van der Waals surface area contributed by atoms with Crippen LogP contribution in [-0.4, -0.2) is 18.2 Å². The molecule has 1 N–H and O–H groups in total. The molecule has 0 atom stereocenters. The first-order valence-electron chi connectivity index (χ1n) is 5.89. The van der Waals surface area contributed by atoms with E-state index in [0.29, 0.717) is 12.8 Å². The lowest BCUT2D eigenvalue weighted by Crippen LogP contribution is -2.35. The third-order valence-corrected chi connectivity index (χ3v) is 4.04. The van der Waals surface area contributed by atoms with Crippen LogP contribution in [-0.2, 0) is 10.2 Å². The zero-order chi connectivity index (χ0) is 14.2. The Kier molecular flexibility index (Phi) is 3.67. The monoisotopic (exact) mass is 290 g/mol. The van der Waals surface area contributed by atoms with Crippen LogP contribution in [0.15, 0.2) is 6.07 Å². The van der Waals surface area contributed by atoms with E-state index in [1.807, 2.05) is 0 Å². The van der Waals surface area contributed by atoms with Crippen molar-refractivity contribution in [2.75, 3.05) is 7.11 Å². The van der Waals surface area contributed by atoms with E-state index in [1.54, 1.807) is 0 Å². The second-order valence-corrected chi connectivity index (χ2v) is 5.04. The summed E-state index contributed by atoms with van der Waals surface area (Å²) in [4.78, 5) is 11.5. The molecule has 2 rings (SSSR count). The van der Waals surface area contributed by atoms with Gasteiger partial charge in [0.05, 0.1) is 12.5 Å². The van der Waals surface area contributed by atoms with Crippen LogP contribution in [0.25, 0.3) is 0 Å². The molecule has 0 bridgehead atoms. The summed E-state index contributed by atoms with van der Waals surface area (Å²) in [5.74, 6) is -3.33. The maximum absolute atomic E-state index is 14.3. The average Bonchev–Trinajstić information content (AvgIpc) is 2.84. The normalized spacial score (nSPS) is 17.5. The highest BCUT2D eigenvalue weighted by molar-refractivity contribution is 6.32. The van der Waals surface area contributed by atoms with Crippen molar-refractivity contribution in [2.45, 2.75) is 31.1 Å². The van der Waals surface area contributed by atoms with E-state index in [0.717, 1.165) is 6.07 Å². The summed E-state index contributed by atoms with van der Waals surface area (Å²) in [5.41, 5.74) is -1.98. The molecule has 19 heavy (non-hydrogen) atoms.